The van der Waals surface area contributed by atoms with Crippen molar-refractivity contribution in [2.24, 2.45) is 0 Å². The Kier molecular flexibility index (Phi) is 52.4. The zero-order valence-electron chi connectivity index (χ0n) is 43.9. The summed E-state index contributed by atoms with van der Waals surface area (Å²) in [6.45, 7) is 6.53. The van der Waals surface area contributed by atoms with Crippen LogP contribution in [-0.2, 0) is 28.6 Å². The van der Waals surface area contributed by atoms with Gasteiger partial charge in [-0.1, -0.05) is 221 Å². The van der Waals surface area contributed by atoms with Gasteiger partial charge in [-0.2, -0.15) is 0 Å². The van der Waals surface area contributed by atoms with Crippen LogP contribution in [0.3, 0.4) is 0 Å². The fraction of sp³-hybridized carbons (Fsp3) is 0.721. The number of hydrogen-bond acceptors (Lipinski definition) is 6. The maximum absolute atomic E-state index is 12.8. The van der Waals surface area contributed by atoms with Crippen LogP contribution < -0.4 is 0 Å². The van der Waals surface area contributed by atoms with Crippen molar-refractivity contribution in [1.82, 2.24) is 0 Å². The van der Waals surface area contributed by atoms with Gasteiger partial charge >= 0.3 is 17.9 Å². The van der Waals surface area contributed by atoms with Gasteiger partial charge in [-0.15, -0.1) is 0 Å². The van der Waals surface area contributed by atoms with E-state index < -0.39 is 6.10 Å². The summed E-state index contributed by atoms with van der Waals surface area (Å²) in [7, 11) is 0. The lowest BCUT2D eigenvalue weighted by molar-refractivity contribution is -0.166. The van der Waals surface area contributed by atoms with Crippen molar-refractivity contribution < 1.29 is 28.6 Å². The topological polar surface area (TPSA) is 78.9 Å². The van der Waals surface area contributed by atoms with Crippen molar-refractivity contribution in [3.05, 3.63) is 85.1 Å². The van der Waals surface area contributed by atoms with Crippen molar-refractivity contribution in [3.63, 3.8) is 0 Å². The van der Waals surface area contributed by atoms with Gasteiger partial charge in [0.15, 0.2) is 6.10 Å². The summed E-state index contributed by atoms with van der Waals surface area (Å²) in [4.78, 5) is 38.1. The van der Waals surface area contributed by atoms with Crippen LogP contribution in [-0.4, -0.2) is 37.2 Å². The molecular formula is C61H104O6. The summed E-state index contributed by atoms with van der Waals surface area (Å²) in [6.07, 6.45) is 71.5. The summed E-state index contributed by atoms with van der Waals surface area (Å²) in [6, 6.07) is 0. The monoisotopic (exact) mass is 933 g/mol. The lowest BCUT2D eigenvalue weighted by Gasteiger charge is -2.18. The van der Waals surface area contributed by atoms with Crippen LogP contribution in [0.25, 0.3) is 0 Å². The molecule has 0 saturated heterocycles. The lowest BCUT2D eigenvalue weighted by Crippen LogP contribution is -2.30. The van der Waals surface area contributed by atoms with Crippen LogP contribution in [0.15, 0.2) is 85.1 Å². The molecule has 0 heterocycles. The van der Waals surface area contributed by atoms with E-state index in [1.54, 1.807) is 0 Å². The Bertz CT molecular complexity index is 1300. The normalized spacial score (nSPS) is 12.7. The van der Waals surface area contributed by atoms with Gasteiger partial charge in [0.25, 0.3) is 0 Å². The molecule has 6 nitrogen and oxygen atoms in total. The Morgan fingerprint density at radius 1 is 0.299 bits per heavy atom. The van der Waals surface area contributed by atoms with Gasteiger partial charge in [-0.25, -0.2) is 0 Å². The molecule has 0 N–H and O–H groups in total. The summed E-state index contributed by atoms with van der Waals surface area (Å²) >= 11 is 0. The number of carbonyl (C=O) groups excluding carboxylic acids is 3. The minimum absolute atomic E-state index is 0.107. The van der Waals surface area contributed by atoms with Gasteiger partial charge in [-0.05, 0) is 109 Å². The minimum atomic E-state index is -0.814. The quantitative estimate of drug-likeness (QED) is 0.0262. The molecule has 67 heavy (non-hydrogen) atoms. The second-order valence-corrected chi connectivity index (χ2v) is 18.5. The van der Waals surface area contributed by atoms with Crippen LogP contribution >= 0.6 is 0 Å². The van der Waals surface area contributed by atoms with Crippen LogP contribution in [0, 0.1) is 0 Å². The Hall–Kier alpha value is -3.41. The summed E-state index contributed by atoms with van der Waals surface area (Å²) in [5.74, 6) is -1.01. The van der Waals surface area contributed by atoms with Crippen LogP contribution in [0.1, 0.15) is 265 Å². The number of ether oxygens (including phenoxy) is 3. The third kappa shape index (κ3) is 53.4. The largest absolute Gasteiger partial charge is 0.462 e. The molecule has 0 spiro atoms. The molecule has 0 aliphatic carbocycles. The van der Waals surface area contributed by atoms with Crippen molar-refractivity contribution >= 4 is 17.9 Å². The Morgan fingerprint density at radius 3 is 0.970 bits per heavy atom. The fourth-order valence-corrected chi connectivity index (χ4v) is 7.59. The lowest BCUT2D eigenvalue weighted by atomic mass is 10.1. The average molecular weight is 933 g/mol. The summed E-state index contributed by atoms with van der Waals surface area (Å²) in [5.41, 5.74) is 0. The van der Waals surface area contributed by atoms with Crippen molar-refractivity contribution in [2.45, 2.75) is 271 Å². The molecule has 0 radical (unpaired) electrons. The first-order chi connectivity index (χ1) is 33.0. The van der Waals surface area contributed by atoms with Gasteiger partial charge in [0, 0.05) is 19.3 Å². The molecule has 0 rings (SSSR count). The van der Waals surface area contributed by atoms with Crippen LogP contribution in [0.2, 0.25) is 0 Å². The predicted octanol–water partition coefficient (Wildman–Crippen LogP) is 18.8. The molecule has 0 saturated carbocycles. The third-order valence-electron chi connectivity index (χ3n) is 11.9. The minimum Gasteiger partial charge on any atom is -0.462 e. The zero-order valence-corrected chi connectivity index (χ0v) is 43.9. The first-order valence-electron chi connectivity index (χ1n) is 28.1. The molecule has 0 fully saturated rings. The predicted molar refractivity (Wildman–Crippen MR) is 288 cm³/mol. The first kappa shape index (κ1) is 63.6. The number of unbranched alkanes of at least 4 members (excludes halogenated alkanes) is 25. The van der Waals surface area contributed by atoms with Crippen LogP contribution in [0.4, 0.5) is 0 Å². The van der Waals surface area contributed by atoms with Gasteiger partial charge in [0.05, 0.1) is 0 Å². The van der Waals surface area contributed by atoms with E-state index in [0.717, 1.165) is 89.9 Å². The highest BCUT2D eigenvalue weighted by molar-refractivity contribution is 5.71. The van der Waals surface area contributed by atoms with Gasteiger partial charge in [0.1, 0.15) is 13.2 Å². The standard InChI is InChI=1S/C61H104O6/c1-4-7-10-13-16-19-22-25-28-29-30-31-34-36-39-42-45-48-51-54-60(63)66-57-58(67-61(64)55-52-49-46-43-40-37-33-27-24-21-18-15-12-9-6-3)56-65-59(62)53-50-47-44-41-38-35-32-26-23-20-17-14-11-8-5-2/h16,19,25-28,30-33,36,39,45,48,58H,4-15,17-18,20-24,29,34-35,37-38,40-44,46-47,49-57H2,1-3H3/b19-16-,28-25-,31-30-,32-26-,33-27-,39-36-,48-45-/t58-/m0/s1. The third-order valence-corrected chi connectivity index (χ3v) is 11.9. The van der Waals surface area contributed by atoms with Gasteiger partial charge in [-0.3, -0.25) is 14.4 Å². The Morgan fingerprint density at radius 2 is 0.567 bits per heavy atom. The number of carbonyl (C=O) groups is 3. The average Bonchev–Trinajstić information content (AvgIpc) is 3.33. The van der Waals surface area contributed by atoms with Crippen molar-refractivity contribution in [1.29, 1.82) is 0 Å². The van der Waals surface area contributed by atoms with Crippen molar-refractivity contribution in [2.75, 3.05) is 13.2 Å². The highest BCUT2D eigenvalue weighted by atomic mass is 16.6. The van der Waals surface area contributed by atoms with Gasteiger partial charge < -0.3 is 14.2 Å². The number of esters is 3. The molecule has 384 valence electrons. The second kappa shape index (κ2) is 55.2. The van der Waals surface area contributed by atoms with E-state index in [-0.39, 0.29) is 37.5 Å². The Balaban J connectivity index is 4.51. The molecule has 0 aromatic heterocycles. The smallest absolute Gasteiger partial charge is 0.306 e. The molecule has 0 unspecified atom stereocenters. The van der Waals surface area contributed by atoms with E-state index in [4.69, 9.17) is 14.2 Å². The molecule has 0 aromatic carbocycles. The second-order valence-electron chi connectivity index (χ2n) is 18.5. The first-order valence-corrected chi connectivity index (χ1v) is 28.1. The maximum Gasteiger partial charge on any atom is 0.306 e. The highest BCUT2D eigenvalue weighted by Gasteiger charge is 2.19. The molecule has 0 aliphatic rings. The molecular weight excluding hydrogens is 829 g/mol. The van der Waals surface area contributed by atoms with E-state index in [9.17, 15) is 14.4 Å². The molecule has 0 bridgehead atoms. The molecule has 6 heteroatoms. The number of rotatable bonds is 50. The number of allylic oxidation sites excluding steroid dienone is 14. The summed E-state index contributed by atoms with van der Waals surface area (Å²) < 4.78 is 16.8. The zero-order chi connectivity index (χ0) is 48.6. The summed E-state index contributed by atoms with van der Waals surface area (Å²) in [5, 5.41) is 0. The highest BCUT2D eigenvalue weighted by Crippen LogP contribution is 2.14. The SMILES string of the molecule is CCCCC/C=C\C/C=C\C/C=C\C/C=C\C/C=C\CCC(=O)OC[C@H](COC(=O)CCCCCCC/C=C\CCCCCCCC)OC(=O)CCCCCCC/C=C\CCCCCCCC. The van der Waals surface area contributed by atoms with E-state index >= 15 is 0 Å². The molecule has 0 aromatic rings. The van der Waals surface area contributed by atoms with E-state index in [1.807, 2.05) is 6.08 Å². The molecule has 0 aliphatic heterocycles. The van der Waals surface area contributed by atoms with Crippen LogP contribution in [0.5, 0.6) is 0 Å². The van der Waals surface area contributed by atoms with E-state index in [1.165, 1.54) is 128 Å². The van der Waals surface area contributed by atoms with E-state index in [0.29, 0.717) is 19.3 Å². The number of hydrogen-bond donors (Lipinski definition) is 0. The maximum atomic E-state index is 12.8. The Labute approximate surface area is 414 Å². The van der Waals surface area contributed by atoms with E-state index in [2.05, 4.69) is 99.8 Å². The van der Waals surface area contributed by atoms with Gasteiger partial charge in [0.2, 0.25) is 0 Å². The fourth-order valence-electron chi connectivity index (χ4n) is 7.59. The molecule has 1 atom stereocenters. The van der Waals surface area contributed by atoms with Crippen molar-refractivity contribution in [3.8, 4) is 0 Å². The molecule has 0 amide bonds.